The molecule has 2 unspecified atom stereocenters. The molecule has 0 saturated carbocycles. The molecule has 2 rings (SSSR count). The van der Waals surface area contributed by atoms with E-state index in [0.29, 0.717) is 6.54 Å². The zero-order chi connectivity index (χ0) is 14.4. The molecule has 0 aromatic heterocycles. The van der Waals surface area contributed by atoms with Crippen molar-refractivity contribution in [1.29, 1.82) is 0 Å². The first-order valence-corrected chi connectivity index (χ1v) is 7.77. The van der Waals surface area contributed by atoms with Crippen LogP contribution in [-0.2, 0) is 9.53 Å². The highest BCUT2D eigenvalue weighted by atomic mass is 16.5. The van der Waals surface area contributed by atoms with Crippen LogP contribution in [0.2, 0.25) is 0 Å². The highest BCUT2D eigenvalue weighted by molar-refractivity contribution is 5.81. The minimum atomic E-state index is -0.0528. The second-order valence-corrected chi connectivity index (χ2v) is 5.59. The van der Waals surface area contributed by atoms with E-state index in [1.165, 1.54) is 0 Å². The lowest BCUT2D eigenvalue weighted by molar-refractivity contribution is -0.127. The monoisotopic (exact) mass is 284 g/mol. The third kappa shape index (κ3) is 4.41. The van der Waals surface area contributed by atoms with E-state index in [1.54, 1.807) is 0 Å². The van der Waals surface area contributed by atoms with E-state index < -0.39 is 0 Å². The number of likely N-dealkylation sites (N-methyl/N-ethyl adjacent to an activating group) is 1. The molecule has 2 heterocycles. The third-order valence-electron chi connectivity index (χ3n) is 4.25. The lowest BCUT2D eigenvalue weighted by atomic mass is 10.2. The summed E-state index contributed by atoms with van der Waals surface area (Å²) in [4.78, 5) is 16.8. The van der Waals surface area contributed by atoms with Gasteiger partial charge in [-0.05, 0) is 13.5 Å². The molecule has 20 heavy (non-hydrogen) atoms. The topological polar surface area (TPSA) is 56.8 Å². The number of amides is 1. The Hall–Kier alpha value is -0.690. The van der Waals surface area contributed by atoms with Crippen molar-refractivity contribution in [1.82, 2.24) is 20.4 Å². The van der Waals surface area contributed by atoms with Gasteiger partial charge in [0, 0.05) is 45.8 Å². The van der Waals surface area contributed by atoms with Gasteiger partial charge in [-0.25, -0.2) is 0 Å². The Morgan fingerprint density at radius 3 is 2.85 bits per heavy atom. The van der Waals surface area contributed by atoms with E-state index >= 15 is 0 Å². The number of carbonyl (C=O) groups excluding carboxylic acids is 1. The molecule has 0 radical (unpaired) electrons. The molecule has 0 aromatic rings. The summed E-state index contributed by atoms with van der Waals surface area (Å²) in [5, 5.41) is 6.35. The van der Waals surface area contributed by atoms with Crippen molar-refractivity contribution < 1.29 is 9.53 Å². The minimum Gasteiger partial charge on any atom is -0.374 e. The Morgan fingerprint density at radius 2 is 2.15 bits per heavy atom. The molecule has 6 heteroatoms. The van der Waals surface area contributed by atoms with Crippen LogP contribution in [0.5, 0.6) is 0 Å². The first-order valence-electron chi connectivity index (χ1n) is 7.77. The van der Waals surface area contributed by atoms with Crippen molar-refractivity contribution >= 4 is 5.91 Å². The second-order valence-electron chi connectivity index (χ2n) is 5.59. The Balaban J connectivity index is 1.71. The molecule has 6 nitrogen and oxygen atoms in total. The fraction of sp³-hybridized carbons (Fsp3) is 0.929. The molecule has 2 atom stereocenters. The number of rotatable bonds is 5. The molecule has 0 spiro atoms. The van der Waals surface area contributed by atoms with E-state index in [0.717, 1.165) is 52.4 Å². The zero-order valence-corrected chi connectivity index (χ0v) is 12.7. The standard InChI is InChI=1S/C14H28N4O2/c1-3-17-8-9-20-13(11-17)10-16-14(19)12(2)18-6-4-15-5-7-18/h12-13,15H,3-11H2,1-2H3,(H,16,19). The molecule has 0 bridgehead atoms. The molecule has 2 saturated heterocycles. The first kappa shape index (κ1) is 15.7. The quantitative estimate of drug-likeness (QED) is 0.686. The van der Waals surface area contributed by atoms with E-state index in [9.17, 15) is 4.79 Å². The van der Waals surface area contributed by atoms with Gasteiger partial charge in [-0.1, -0.05) is 6.92 Å². The van der Waals surface area contributed by atoms with Gasteiger partial charge in [0.2, 0.25) is 5.91 Å². The number of nitrogens with zero attached hydrogens (tertiary/aromatic N) is 2. The highest BCUT2D eigenvalue weighted by Crippen LogP contribution is 2.05. The fourth-order valence-electron chi connectivity index (χ4n) is 2.79. The van der Waals surface area contributed by atoms with Crippen LogP contribution in [0.3, 0.4) is 0 Å². The fourth-order valence-corrected chi connectivity index (χ4v) is 2.79. The molecule has 116 valence electrons. The molecule has 2 N–H and O–H groups in total. The third-order valence-corrected chi connectivity index (χ3v) is 4.25. The first-order chi connectivity index (χ1) is 9.70. The molecule has 1 amide bonds. The summed E-state index contributed by atoms with van der Waals surface area (Å²) in [6.45, 7) is 12.3. The van der Waals surface area contributed by atoms with Crippen LogP contribution >= 0.6 is 0 Å². The van der Waals surface area contributed by atoms with Gasteiger partial charge in [-0.3, -0.25) is 14.6 Å². The summed E-state index contributed by atoms with van der Waals surface area (Å²) in [6.07, 6.45) is 0.128. The SMILES string of the molecule is CCN1CCOC(CNC(=O)C(C)N2CCNCC2)C1. The normalized spacial score (nSPS) is 27.2. The van der Waals surface area contributed by atoms with Gasteiger partial charge in [0.15, 0.2) is 0 Å². The Morgan fingerprint density at radius 1 is 1.40 bits per heavy atom. The average molecular weight is 284 g/mol. The van der Waals surface area contributed by atoms with Gasteiger partial charge in [0.25, 0.3) is 0 Å². The van der Waals surface area contributed by atoms with Crippen LogP contribution in [0.1, 0.15) is 13.8 Å². The van der Waals surface area contributed by atoms with E-state index in [1.807, 2.05) is 6.92 Å². The van der Waals surface area contributed by atoms with Crippen LogP contribution in [0.15, 0.2) is 0 Å². The van der Waals surface area contributed by atoms with Crippen LogP contribution in [0, 0.1) is 0 Å². The van der Waals surface area contributed by atoms with Crippen LogP contribution in [0.4, 0.5) is 0 Å². The van der Waals surface area contributed by atoms with Crippen LogP contribution in [-0.4, -0.2) is 86.8 Å². The largest absolute Gasteiger partial charge is 0.374 e. The molecular formula is C14H28N4O2. The predicted molar refractivity (Wildman–Crippen MR) is 78.8 cm³/mol. The maximum Gasteiger partial charge on any atom is 0.237 e. The van der Waals surface area contributed by atoms with Crippen molar-refractivity contribution in [2.75, 3.05) is 59.0 Å². The maximum absolute atomic E-state index is 12.2. The summed E-state index contributed by atoms with van der Waals surface area (Å²) in [6, 6.07) is -0.0528. The van der Waals surface area contributed by atoms with E-state index in [-0.39, 0.29) is 18.1 Å². The Labute approximate surface area is 121 Å². The smallest absolute Gasteiger partial charge is 0.237 e. The Bertz CT molecular complexity index is 308. The van der Waals surface area contributed by atoms with Crippen LogP contribution < -0.4 is 10.6 Å². The van der Waals surface area contributed by atoms with Gasteiger partial charge in [0.05, 0.1) is 18.8 Å². The lowest BCUT2D eigenvalue weighted by Crippen LogP contribution is -2.54. The van der Waals surface area contributed by atoms with Crippen molar-refractivity contribution in [3.05, 3.63) is 0 Å². The van der Waals surface area contributed by atoms with Gasteiger partial charge in [-0.2, -0.15) is 0 Å². The molecule has 2 aliphatic heterocycles. The molecule has 2 aliphatic rings. The number of morpholine rings is 1. The second kappa shape index (κ2) is 7.93. The summed E-state index contributed by atoms with van der Waals surface area (Å²) < 4.78 is 5.71. The van der Waals surface area contributed by atoms with Crippen molar-refractivity contribution in [3.63, 3.8) is 0 Å². The minimum absolute atomic E-state index is 0.0528. The van der Waals surface area contributed by atoms with Gasteiger partial charge >= 0.3 is 0 Å². The van der Waals surface area contributed by atoms with Crippen LogP contribution in [0.25, 0.3) is 0 Å². The summed E-state index contributed by atoms with van der Waals surface area (Å²) in [5.74, 6) is 0.115. The number of nitrogens with one attached hydrogen (secondary N) is 2. The van der Waals surface area contributed by atoms with Crippen molar-refractivity contribution in [2.24, 2.45) is 0 Å². The van der Waals surface area contributed by atoms with E-state index in [2.05, 4.69) is 27.4 Å². The summed E-state index contributed by atoms with van der Waals surface area (Å²) >= 11 is 0. The van der Waals surface area contributed by atoms with Gasteiger partial charge in [-0.15, -0.1) is 0 Å². The number of hydrogen-bond donors (Lipinski definition) is 2. The summed E-state index contributed by atoms with van der Waals surface area (Å²) in [5.41, 5.74) is 0. The number of hydrogen-bond acceptors (Lipinski definition) is 5. The highest BCUT2D eigenvalue weighted by Gasteiger charge is 2.24. The average Bonchev–Trinajstić information content (AvgIpc) is 2.53. The number of piperazine rings is 1. The summed E-state index contributed by atoms with van der Waals surface area (Å²) in [7, 11) is 0. The van der Waals surface area contributed by atoms with Gasteiger partial charge < -0.3 is 15.4 Å². The number of ether oxygens (including phenoxy) is 1. The van der Waals surface area contributed by atoms with E-state index in [4.69, 9.17) is 4.74 Å². The molecule has 0 aliphatic carbocycles. The van der Waals surface area contributed by atoms with Crippen molar-refractivity contribution in [3.8, 4) is 0 Å². The molecule has 0 aromatic carbocycles. The predicted octanol–water partition coefficient (Wildman–Crippen LogP) is -0.883. The van der Waals surface area contributed by atoms with Crippen molar-refractivity contribution in [2.45, 2.75) is 26.0 Å². The van der Waals surface area contributed by atoms with Gasteiger partial charge in [0.1, 0.15) is 0 Å². The zero-order valence-electron chi connectivity index (χ0n) is 12.7. The molecule has 2 fully saturated rings. The lowest BCUT2D eigenvalue weighted by Gasteiger charge is -2.34. The maximum atomic E-state index is 12.2. The number of carbonyl (C=O) groups is 1. The molecular weight excluding hydrogens is 256 g/mol. The Kier molecular flexibility index (Phi) is 6.22.